The minimum Gasteiger partial charge on any atom is -0.497 e. The van der Waals surface area contributed by atoms with Crippen molar-refractivity contribution in [3.8, 4) is 5.75 Å². The van der Waals surface area contributed by atoms with Crippen molar-refractivity contribution in [3.05, 3.63) is 59.4 Å². The van der Waals surface area contributed by atoms with Gasteiger partial charge in [0.2, 0.25) is 0 Å². The second-order valence-corrected chi connectivity index (χ2v) is 4.68. The number of carboxylic acid groups (broad SMARTS) is 1. The Kier molecular flexibility index (Phi) is 4.42. The molecule has 5 heteroatoms. The van der Waals surface area contributed by atoms with Crippen molar-refractivity contribution in [1.29, 1.82) is 0 Å². The highest BCUT2D eigenvalue weighted by molar-refractivity contribution is 5.88. The molecule has 0 saturated heterocycles. The predicted molar refractivity (Wildman–Crippen MR) is 78.5 cm³/mol. The molecule has 0 unspecified atom stereocenters. The molecule has 1 N–H and O–H groups in total. The van der Waals surface area contributed by atoms with Gasteiger partial charge in [0.1, 0.15) is 11.6 Å². The molecule has 0 fully saturated rings. The number of aromatic carboxylic acids is 1. The van der Waals surface area contributed by atoms with Crippen LogP contribution in [0.4, 0.5) is 10.1 Å². The summed E-state index contributed by atoms with van der Waals surface area (Å²) in [7, 11) is 3.47. The number of hydrogen-bond donors (Lipinski definition) is 1. The molecule has 0 aliphatic heterocycles. The van der Waals surface area contributed by atoms with Gasteiger partial charge in [-0.1, -0.05) is 12.1 Å². The normalized spacial score (nSPS) is 10.2. The van der Waals surface area contributed by atoms with Gasteiger partial charge in [-0.25, -0.2) is 9.18 Å². The summed E-state index contributed by atoms with van der Waals surface area (Å²) in [5, 5.41) is 8.94. The number of nitrogens with zero attached hydrogens (tertiary/aromatic N) is 1. The van der Waals surface area contributed by atoms with E-state index in [1.54, 1.807) is 13.2 Å². The summed E-state index contributed by atoms with van der Waals surface area (Å²) in [6.07, 6.45) is 0. The Morgan fingerprint density at radius 3 is 2.71 bits per heavy atom. The molecule has 0 aliphatic rings. The Hall–Kier alpha value is -2.56. The third-order valence-electron chi connectivity index (χ3n) is 3.18. The van der Waals surface area contributed by atoms with Crippen LogP contribution in [0.1, 0.15) is 15.9 Å². The number of halogens is 1. The molecular weight excluding hydrogens is 273 g/mol. The molecule has 0 spiro atoms. The van der Waals surface area contributed by atoms with Crippen molar-refractivity contribution in [2.75, 3.05) is 19.1 Å². The molecule has 0 aliphatic carbocycles. The molecule has 0 heterocycles. The van der Waals surface area contributed by atoms with Crippen LogP contribution < -0.4 is 9.64 Å². The van der Waals surface area contributed by atoms with Gasteiger partial charge in [-0.15, -0.1) is 0 Å². The van der Waals surface area contributed by atoms with E-state index in [0.29, 0.717) is 6.54 Å². The first-order valence-corrected chi connectivity index (χ1v) is 6.38. The summed E-state index contributed by atoms with van der Waals surface area (Å²) in [6, 6.07) is 11.6. The fourth-order valence-electron chi connectivity index (χ4n) is 2.05. The number of rotatable bonds is 5. The third kappa shape index (κ3) is 3.51. The molecule has 0 aromatic heterocycles. The lowest BCUT2D eigenvalue weighted by Crippen LogP contribution is -2.17. The first-order valence-electron chi connectivity index (χ1n) is 6.38. The highest BCUT2D eigenvalue weighted by Crippen LogP contribution is 2.22. The SMILES string of the molecule is COc1cccc(N(C)Cc2ccc(F)c(C(=O)O)c2)c1. The molecule has 0 amide bonds. The Bertz CT molecular complexity index is 658. The second-order valence-electron chi connectivity index (χ2n) is 4.68. The molecule has 4 nitrogen and oxygen atoms in total. The zero-order valence-electron chi connectivity index (χ0n) is 11.8. The molecule has 2 aromatic carbocycles. The van der Waals surface area contributed by atoms with Crippen LogP contribution >= 0.6 is 0 Å². The van der Waals surface area contributed by atoms with Crippen molar-refractivity contribution < 1.29 is 19.0 Å². The number of anilines is 1. The van der Waals surface area contributed by atoms with E-state index in [4.69, 9.17) is 9.84 Å². The predicted octanol–water partition coefficient (Wildman–Crippen LogP) is 3.17. The van der Waals surface area contributed by atoms with Gasteiger partial charge < -0.3 is 14.7 Å². The first-order chi connectivity index (χ1) is 10.0. The van der Waals surface area contributed by atoms with Crippen LogP contribution in [0.25, 0.3) is 0 Å². The van der Waals surface area contributed by atoms with Crippen LogP contribution in [0.2, 0.25) is 0 Å². The van der Waals surface area contributed by atoms with Crippen molar-refractivity contribution >= 4 is 11.7 Å². The van der Waals surface area contributed by atoms with Crippen molar-refractivity contribution in [1.82, 2.24) is 0 Å². The minimum atomic E-state index is -1.27. The van der Waals surface area contributed by atoms with Crippen LogP contribution in [-0.2, 0) is 6.54 Å². The summed E-state index contributed by atoms with van der Waals surface area (Å²) >= 11 is 0. The van der Waals surface area contributed by atoms with Crippen LogP contribution in [0, 0.1) is 5.82 Å². The molecule has 2 aromatic rings. The number of hydrogen-bond acceptors (Lipinski definition) is 3. The number of benzene rings is 2. The quantitative estimate of drug-likeness (QED) is 0.918. The maximum absolute atomic E-state index is 13.4. The highest BCUT2D eigenvalue weighted by atomic mass is 19.1. The van der Waals surface area contributed by atoms with E-state index >= 15 is 0 Å². The Morgan fingerprint density at radius 1 is 1.29 bits per heavy atom. The fourth-order valence-corrected chi connectivity index (χ4v) is 2.05. The van der Waals surface area contributed by atoms with E-state index in [0.717, 1.165) is 17.0 Å². The molecule has 0 saturated carbocycles. The topological polar surface area (TPSA) is 49.8 Å². The molecule has 2 rings (SSSR count). The van der Waals surface area contributed by atoms with Crippen LogP contribution in [0.5, 0.6) is 5.75 Å². The summed E-state index contributed by atoms with van der Waals surface area (Å²) in [6.45, 7) is 0.466. The maximum Gasteiger partial charge on any atom is 0.338 e. The van der Waals surface area contributed by atoms with Gasteiger partial charge in [0.05, 0.1) is 12.7 Å². The van der Waals surface area contributed by atoms with Gasteiger partial charge >= 0.3 is 5.97 Å². The van der Waals surface area contributed by atoms with Gasteiger partial charge in [0.25, 0.3) is 0 Å². The Morgan fingerprint density at radius 2 is 2.05 bits per heavy atom. The fraction of sp³-hybridized carbons (Fsp3) is 0.188. The Labute approximate surface area is 122 Å². The van der Waals surface area contributed by atoms with Crippen molar-refractivity contribution in [2.45, 2.75) is 6.54 Å². The van der Waals surface area contributed by atoms with Gasteiger partial charge in [0.15, 0.2) is 0 Å². The standard InChI is InChI=1S/C16H16FNO3/c1-18(12-4-3-5-13(9-12)21-2)10-11-6-7-15(17)14(8-11)16(19)20/h3-9H,10H2,1-2H3,(H,19,20). The molecule has 0 atom stereocenters. The smallest absolute Gasteiger partial charge is 0.338 e. The van der Waals surface area contributed by atoms with E-state index in [9.17, 15) is 9.18 Å². The van der Waals surface area contributed by atoms with Gasteiger partial charge in [0, 0.05) is 25.3 Å². The van der Waals surface area contributed by atoms with Gasteiger partial charge in [-0.05, 0) is 29.8 Å². The molecular formula is C16H16FNO3. The number of ether oxygens (including phenoxy) is 1. The summed E-state index contributed by atoms with van der Waals surface area (Å²) in [5.74, 6) is -1.25. The van der Waals surface area contributed by atoms with E-state index < -0.39 is 11.8 Å². The van der Waals surface area contributed by atoms with Crippen molar-refractivity contribution in [3.63, 3.8) is 0 Å². The van der Waals surface area contributed by atoms with Crippen LogP contribution in [0.15, 0.2) is 42.5 Å². The maximum atomic E-state index is 13.4. The van der Waals surface area contributed by atoms with E-state index in [2.05, 4.69) is 0 Å². The summed E-state index contributed by atoms with van der Waals surface area (Å²) in [5.41, 5.74) is 1.33. The van der Waals surface area contributed by atoms with Gasteiger partial charge in [-0.3, -0.25) is 0 Å². The average Bonchev–Trinajstić information content (AvgIpc) is 2.49. The first kappa shape index (κ1) is 14.8. The number of carbonyl (C=O) groups is 1. The summed E-state index contributed by atoms with van der Waals surface area (Å²) in [4.78, 5) is 12.9. The van der Waals surface area contributed by atoms with Crippen LogP contribution in [0.3, 0.4) is 0 Å². The second kappa shape index (κ2) is 6.26. The lowest BCUT2D eigenvalue weighted by Gasteiger charge is -2.20. The lowest BCUT2D eigenvalue weighted by molar-refractivity contribution is 0.0691. The van der Waals surface area contributed by atoms with E-state index in [-0.39, 0.29) is 5.56 Å². The van der Waals surface area contributed by atoms with E-state index in [1.165, 1.54) is 12.1 Å². The lowest BCUT2D eigenvalue weighted by atomic mass is 10.1. The van der Waals surface area contributed by atoms with Gasteiger partial charge in [-0.2, -0.15) is 0 Å². The molecule has 21 heavy (non-hydrogen) atoms. The van der Waals surface area contributed by atoms with E-state index in [1.807, 2.05) is 36.2 Å². The zero-order valence-corrected chi connectivity index (χ0v) is 11.8. The molecule has 0 radical (unpaired) electrons. The minimum absolute atomic E-state index is 0.313. The molecule has 110 valence electrons. The van der Waals surface area contributed by atoms with Crippen LogP contribution in [-0.4, -0.2) is 25.2 Å². The number of methoxy groups -OCH3 is 1. The third-order valence-corrected chi connectivity index (χ3v) is 3.18. The monoisotopic (exact) mass is 289 g/mol. The largest absolute Gasteiger partial charge is 0.497 e. The zero-order chi connectivity index (χ0) is 15.4. The Balaban J connectivity index is 2.21. The summed E-state index contributed by atoms with van der Waals surface area (Å²) < 4.78 is 18.5. The number of carboxylic acids is 1. The van der Waals surface area contributed by atoms with Crippen molar-refractivity contribution in [2.24, 2.45) is 0 Å². The molecule has 0 bridgehead atoms. The average molecular weight is 289 g/mol. The highest BCUT2D eigenvalue weighted by Gasteiger charge is 2.12.